The molecule has 0 aliphatic rings. The van der Waals surface area contributed by atoms with Crippen molar-refractivity contribution >= 4 is 14.4 Å². The standard InChI is InChI=1S/C4H7F2NO2.B/c1-7(2)4(5,6)3(8)9;/h1-2H3,(H,8,9);. The molecule has 0 aliphatic heterocycles. The minimum absolute atomic E-state index is 0. The van der Waals surface area contributed by atoms with Gasteiger partial charge in [-0.3, -0.25) is 0 Å². The second kappa shape index (κ2) is 3.51. The molecule has 0 amide bonds. The molecule has 0 rings (SSSR count). The predicted octanol–water partition coefficient (Wildman–Crippen LogP) is -0.155. The summed E-state index contributed by atoms with van der Waals surface area (Å²) in [4.78, 5) is 10.00. The van der Waals surface area contributed by atoms with E-state index in [4.69, 9.17) is 5.11 Å². The lowest BCUT2D eigenvalue weighted by molar-refractivity contribution is -0.189. The van der Waals surface area contributed by atoms with Crippen molar-refractivity contribution in [3.05, 3.63) is 0 Å². The van der Waals surface area contributed by atoms with Gasteiger partial charge < -0.3 is 5.11 Å². The van der Waals surface area contributed by atoms with Crippen LogP contribution in [0.15, 0.2) is 0 Å². The largest absolute Gasteiger partial charge is 0.476 e. The SMILES string of the molecule is CN(C)C(F)(F)C(=O)O.[B]. The Hall–Kier alpha value is -0.645. The van der Waals surface area contributed by atoms with Crippen LogP contribution in [0, 0.1) is 0 Å². The molecule has 0 fully saturated rings. The minimum Gasteiger partial charge on any atom is -0.476 e. The van der Waals surface area contributed by atoms with Crippen molar-refractivity contribution in [1.29, 1.82) is 0 Å². The highest BCUT2D eigenvalue weighted by Crippen LogP contribution is 2.14. The summed E-state index contributed by atoms with van der Waals surface area (Å²) in [5.74, 6) is -2.13. The molecule has 0 aromatic heterocycles. The third-order valence-electron chi connectivity index (χ3n) is 0.819. The maximum Gasteiger partial charge on any atom is 0.401 e. The summed E-state index contributed by atoms with van der Waals surface area (Å²) in [7, 11) is 1.99. The number of hydrogen-bond acceptors (Lipinski definition) is 2. The van der Waals surface area contributed by atoms with Crippen molar-refractivity contribution in [3.8, 4) is 0 Å². The van der Waals surface area contributed by atoms with E-state index in [0.29, 0.717) is 4.90 Å². The molecule has 0 bridgehead atoms. The van der Waals surface area contributed by atoms with E-state index >= 15 is 0 Å². The van der Waals surface area contributed by atoms with E-state index in [2.05, 4.69) is 0 Å². The fourth-order valence-corrected chi connectivity index (χ4v) is 0.191. The number of rotatable bonds is 2. The highest BCUT2D eigenvalue weighted by molar-refractivity contribution is 5.75. The molecule has 1 N–H and O–H groups in total. The van der Waals surface area contributed by atoms with E-state index in [-0.39, 0.29) is 8.41 Å². The van der Waals surface area contributed by atoms with E-state index in [0.717, 1.165) is 14.1 Å². The van der Waals surface area contributed by atoms with Gasteiger partial charge in [0.1, 0.15) is 0 Å². The molecule has 0 aromatic rings. The number of nitrogens with zero attached hydrogens (tertiary/aromatic N) is 1. The van der Waals surface area contributed by atoms with Crippen molar-refractivity contribution in [1.82, 2.24) is 4.90 Å². The first-order valence-electron chi connectivity index (χ1n) is 2.17. The lowest BCUT2D eigenvalue weighted by atomic mass is 10.5. The third kappa shape index (κ3) is 2.30. The first-order chi connectivity index (χ1) is 3.89. The Balaban J connectivity index is 0. The molecule has 0 heterocycles. The van der Waals surface area contributed by atoms with Crippen LogP contribution in [0.5, 0.6) is 0 Å². The zero-order valence-electron chi connectivity index (χ0n) is 5.64. The summed E-state index contributed by atoms with van der Waals surface area (Å²) in [5, 5.41) is 7.82. The fourth-order valence-electron chi connectivity index (χ4n) is 0.191. The van der Waals surface area contributed by atoms with Gasteiger partial charge in [0.15, 0.2) is 0 Å². The van der Waals surface area contributed by atoms with Crippen molar-refractivity contribution in [2.75, 3.05) is 14.1 Å². The number of carbonyl (C=O) groups is 1. The monoisotopic (exact) mass is 150 g/mol. The number of hydrogen-bond donors (Lipinski definition) is 1. The van der Waals surface area contributed by atoms with Crippen LogP contribution >= 0.6 is 0 Å². The van der Waals surface area contributed by atoms with Gasteiger partial charge in [0.25, 0.3) is 0 Å². The van der Waals surface area contributed by atoms with Crippen molar-refractivity contribution in [3.63, 3.8) is 0 Å². The molecule has 3 nitrogen and oxygen atoms in total. The molecule has 0 saturated carbocycles. The maximum absolute atomic E-state index is 12.0. The predicted molar refractivity (Wildman–Crippen MR) is 32.0 cm³/mol. The average molecular weight is 150 g/mol. The number of aliphatic carboxylic acids is 1. The zero-order chi connectivity index (χ0) is 7.65. The van der Waals surface area contributed by atoms with Crippen LogP contribution in [0.1, 0.15) is 0 Å². The molecular formula is C4H7BF2NO2. The molecule has 6 heteroatoms. The molecule has 0 atom stereocenters. The minimum atomic E-state index is -3.75. The smallest absolute Gasteiger partial charge is 0.401 e. The fraction of sp³-hybridized carbons (Fsp3) is 0.750. The Morgan fingerprint density at radius 2 is 1.80 bits per heavy atom. The van der Waals surface area contributed by atoms with Crippen LogP contribution in [0.4, 0.5) is 8.78 Å². The molecule has 0 aliphatic carbocycles. The van der Waals surface area contributed by atoms with Crippen LogP contribution in [-0.2, 0) is 4.79 Å². The summed E-state index contributed by atoms with van der Waals surface area (Å²) in [5.41, 5.74) is 0. The Morgan fingerprint density at radius 3 is 1.80 bits per heavy atom. The Labute approximate surface area is 59.2 Å². The van der Waals surface area contributed by atoms with Gasteiger partial charge in [0.05, 0.1) is 0 Å². The number of carboxylic acid groups (broad SMARTS) is 1. The van der Waals surface area contributed by atoms with Crippen LogP contribution in [0.2, 0.25) is 0 Å². The van der Waals surface area contributed by atoms with Crippen LogP contribution in [0.25, 0.3) is 0 Å². The molecule has 57 valence electrons. The van der Waals surface area contributed by atoms with Gasteiger partial charge in [-0.15, -0.1) is 0 Å². The zero-order valence-corrected chi connectivity index (χ0v) is 5.64. The second-order valence-electron chi connectivity index (χ2n) is 1.74. The number of alkyl halides is 2. The molecule has 0 spiro atoms. The van der Waals surface area contributed by atoms with Crippen molar-refractivity contribution < 1.29 is 18.7 Å². The maximum atomic E-state index is 12.0. The van der Waals surface area contributed by atoms with Crippen molar-refractivity contribution in [2.45, 2.75) is 6.05 Å². The highest BCUT2D eigenvalue weighted by Gasteiger charge is 2.41. The van der Waals surface area contributed by atoms with Gasteiger partial charge in [0.2, 0.25) is 0 Å². The van der Waals surface area contributed by atoms with Crippen LogP contribution in [-0.4, -0.2) is 44.5 Å². The lowest BCUT2D eigenvalue weighted by Crippen LogP contribution is -2.42. The van der Waals surface area contributed by atoms with Gasteiger partial charge in [-0.25, -0.2) is 9.69 Å². The second-order valence-corrected chi connectivity index (χ2v) is 1.74. The average Bonchev–Trinajstić information content (AvgIpc) is 1.65. The van der Waals surface area contributed by atoms with Crippen LogP contribution < -0.4 is 0 Å². The Morgan fingerprint density at radius 1 is 1.50 bits per heavy atom. The van der Waals surface area contributed by atoms with Crippen LogP contribution in [0.3, 0.4) is 0 Å². The van der Waals surface area contributed by atoms with Gasteiger partial charge in [-0.05, 0) is 14.1 Å². The molecule has 10 heavy (non-hydrogen) atoms. The van der Waals surface area contributed by atoms with E-state index in [1.165, 1.54) is 0 Å². The Bertz CT molecular complexity index is 128. The summed E-state index contributed by atoms with van der Waals surface area (Å²) in [6.45, 7) is 0. The van der Waals surface area contributed by atoms with E-state index in [1.807, 2.05) is 0 Å². The Kier molecular flexibility index (Phi) is 4.23. The highest BCUT2D eigenvalue weighted by atomic mass is 19.3. The molecule has 0 saturated heterocycles. The molecular weight excluding hydrogens is 143 g/mol. The summed E-state index contributed by atoms with van der Waals surface area (Å²) < 4.78 is 24.0. The number of halogens is 2. The summed E-state index contributed by atoms with van der Waals surface area (Å²) >= 11 is 0. The first-order valence-corrected chi connectivity index (χ1v) is 2.17. The molecule has 0 aromatic carbocycles. The van der Waals surface area contributed by atoms with Crippen molar-refractivity contribution in [2.24, 2.45) is 0 Å². The number of likely N-dealkylation sites (N-methyl/N-ethyl adjacent to an activating group) is 1. The summed E-state index contributed by atoms with van der Waals surface area (Å²) in [6, 6.07) is -3.75. The van der Waals surface area contributed by atoms with Gasteiger partial charge in [0, 0.05) is 8.41 Å². The van der Waals surface area contributed by atoms with E-state index in [1.54, 1.807) is 0 Å². The quantitative estimate of drug-likeness (QED) is 0.439. The first kappa shape index (κ1) is 12.1. The van der Waals surface area contributed by atoms with Gasteiger partial charge >= 0.3 is 12.0 Å². The lowest BCUT2D eigenvalue weighted by Gasteiger charge is -2.17. The van der Waals surface area contributed by atoms with Gasteiger partial charge in [-0.1, -0.05) is 0 Å². The van der Waals surface area contributed by atoms with E-state index in [9.17, 15) is 13.6 Å². The molecule has 0 unspecified atom stereocenters. The number of carboxylic acids is 1. The normalized spacial score (nSPS) is 10.9. The van der Waals surface area contributed by atoms with Gasteiger partial charge in [-0.2, -0.15) is 8.78 Å². The molecule has 3 radical (unpaired) electrons. The topological polar surface area (TPSA) is 40.5 Å². The summed E-state index contributed by atoms with van der Waals surface area (Å²) in [6.07, 6.45) is 0. The third-order valence-corrected chi connectivity index (χ3v) is 0.819. The van der Waals surface area contributed by atoms with E-state index < -0.39 is 12.0 Å².